The summed E-state index contributed by atoms with van der Waals surface area (Å²) in [7, 11) is 0. The quantitative estimate of drug-likeness (QED) is 0.0548. The molecule has 0 fully saturated rings. The van der Waals surface area contributed by atoms with Gasteiger partial charge in [-0.2, -0.15) is 13.2 Å². The van der Waals surface area contributed by atoms with Crippen molar-refractivity contribution in [3.8, 4) is 0 Å². The summed E-state index contributed by atoms with van der Waals surface area (Å²) in [4.78, 5) is 52.5. The van der Waals surface area contributed by atoms with E-state index in [-0.39, 0.29) is 37.9 Å². The van der Waals surface area contributed by atoms with E-state index in [0.29, 0.717) is 24.1 Å². The van der Waals surface area contributed by atoms with Crippen molar-refractivity contribution in [1.82, 2.24) is 20.9 Å². The van der Waals surface area contributed by atoms with E-state index in [4.69, 9.17) is 42.7 Å². The normalized spacial score (nSPS) is 12.5. The van der Waals surface area contributed by atoms with Crippen molar-refractivity contribution in [2.45, 2.75) is 50.0 Å². The average Bonchev–Trinajstić information content (AvgIpc) is 3.08. The monoisotopic (exact) mass is 715 g/mol. The molecule has 3 amide bonds. The van der Waals surface area contributed by atoms with Gasteiger partial charge in [0.2, 0.25) is 17.7 Å². The number of halogens is 3. The second-order valence-corrected chi connectivity index (χ2v) is 11.0. The molecule has 0 saturated carbocycles. The highest BCUT2D eigenvalue weighted by molar-refractivity contribution is 5.95. The largest absolute Gasteiger partial charge is 0.490 e. The third-order valence-corrected chi connectivity index (χ3v) is 7.02. The van der Waals surface area contributed by atoms with Crippen LogP contribution in [0.4, 0.5) is 13.2 Å². The van der Waals surface area contributed by atoms with Gasteiger partial charge in [0.05, 0.1) is 19.1 Å². The highest BCUT2D eigenvalue weighted by atomic mass is 19.4. The number of nitrogens with one attached hydrogen (secondary N) is 5. The number of aromatic nitrogens is 1. The number of alkyl halides is 3. The van der Waals surface area contributed by atoms with Crippen LogP contribution in [0.1, 0.15) is 41.0 Å². The summed E-state index contributed by atoms with van der Waals surface area (Å²) in [5.41, 5.74) is 19.3. The van der Waals surface area contributed by atoms with E-state index in [0.717, 1.165) is 11.1 Å². The summed E-state index contributed by atoms with van der Waals surface area (Å²) in [6.45, 7) is 0.345. The SMILES string of the molecule is N=C(N)NCCC[C@H](NC(=O)[C@H](COCc1ccccc1)NC(=O)[C@H](Cc1ccc(C(=N)N)cc1)c1cccnc1)C(N)=O.O=C(O)C(F)(F)F. The third-order valence-electron chi connectivity index (χ3n) is 7.02. The topological polar surface area (TPSA) is 272 Å². The fraction of sp³-hybridized carbons (Fsp3) is 0.303. The first-order valence-corrected chi connectivity index (χ1v) is 15.3. The van der Waals surface area contributed by atoms with Crippen molar-refractivity contribution in [1.29, 1.82) is 10.8 Å². The number of nitrogen functional groups attached to an aromatic ring is 1. The zero-order valence-electron chi connectivity index (χ0n) is 27.3. The molecular formula is C33H40F3N9O6. The molecule has 1 heterocycles. The van der Waals surface area contributed by atoms with Gasteiger partial charge >= 0.3 is 12.1 Å². The zero-order chi connectivity index (χ0) is 38.0. The van der Waals surface area contributed by atoms with Crippen molar-refractivity contribution in [3.05, 3.63) is 101 Å². The number of carboxylic acids is 1. The van der Waals surface area contributed by atoms with Crippen molar-refractivity contribution in [2.75, 3.05) is 13.2 Å². The molecule has 0 bridgehead atoms. The van der Waals surface area contributed by atoms with E-state index in [9.17, 15) is 27.6 Å². The maximum atomic E-state index is 13.8. The molecule has 0 aliphatic heterocycles. The lowest BCUT2D eigenvalue weighted by atomic mass is 9.91. The number of carboxylic acid groups (broad SMARTS) is 1. The molecule has 0 aliphatic carbocycles. The van der Waals surface area contributed by atoms with Gasteiger partial charge in [-0.05, 0) is 42.0 Å². The van der Waals surface area contributed by atoms with Gasteiger partial charge in [0.1, 0.15) is 17.9 Å². The molecule has 0 radical (unpaired) electrons. The van der Waals surface area contributed by atoms with E-state index in [1.165, 1.54) is 0 Å². The number of nitrogens with two attached hydrogens (primary N) is 3. The molecule has 15 nitrogen and oxygen atoms in total. The molecule has 0 unspecified atom stereocenters. The molecule has 0 spiro atoms. The molecule has 2 aromatic carbocycles. The summed E-state index contributed by atoms with van der Waals surface area (Å²) in [5.74, 6) is -5.57. The number of aliphatic carboxylic acids is 1. The maximum Gasteiger partial charge on any atom is 0.490 e. The van der Waals surface area contributed by atoms with E-state index in [1.807, 2.05) is 30.3 Å². The smallest absolute Gasteiger partial charge is 0.475 e. The van der Waals surface area contributed by atoms with E-state index in [1.54, 1.807) is 48.8 Å². The van der Waals surface area contributed by atoms with Gasteiger partial charge in [0.25, 0.3) is 0 Å². The van der Waals surface area contributed by atoms with Crippen LogP contribution in [0, 0.1) is 10.8 Å². The lowest BCUT2D eigenvalue weighted by Gasteiger charge is -2.25. The van der Waals surface area contributed by atoms with Crippen LogP contribution in [0.25, 0.3) is 0 Å². The molecule has 3 rings (SSSR count). The summed E-state index contributed by atoms with van der Waals surface area (Å²) >= 11 is 0. The Bertz CT molecular complexity index is 1610. The number of amidine groups is 1. The standard InChI is InChI=1S/C31H39N9O4.C2HF3O2/c32-27(33)22-12-10-20(11-13-22)16-24(23-8-4-14-37-17-23)29(42)40-26(19-44-18-21-6-2-1-3-7-21)30(43)39-25(28(34)41)9-5-15-38-31(35)36;3-2(4,5)1(6)7/h1-4,6-8,10-14,17,24-26H,5,9,15-16,18-19H2,(H3,32,33)(H2,34,41)(H,39,43)(H,40,42)(H4,35,36,38);(H,6,7)/t24-,25+,26+;/m1./s1. The van der Waals surface area contributed by atoms with Crippen molar-refractivity contribution >= 4 is 35.5 Å². The Morgan fingerprint density at radius 2 is 1.49 bits per heavy atom. The summed E-state index contributed by atoms with van der Waals surface area (Å²) in [6, 6.07) is 17.7. The first-order chi connectivity index (χ1) is 24.1. The van der Waals surface area contributed by atoms with Gasteiger partial charge in [-0.15, -0.1) is 0 Å². The second kappa shape index (κ2) is 20.5. The Morgan fingerprint density at radius 1 is 0.863 bits per heavy atom. The van der Waals surface area contributed by atoms with Crippen molar-refractivity contribution in [2.24, 2.45) is 17.2 Å². The lowest BCUT2D eigenvalue weighted by Crippen LogP contribution is -2.55. The van der Waals surface area contributed by atoms with Crippen LogP contribution in [0.15, 0.2) is 79.1 Å². The van der Waals surface area contributed by atoms with E-state index < -0.39 is 47.9 Å². The highest BCUT2D eigenvalue weighted by Gasteiger charge is 2.38. The minimum absolute atomic E-state index is 0.0631. The number of nitrogens with zero attached hydrogens (tertiary/aromatic N) is 1. The van der Waals surface area contributed by atoms with Crippen LogP contribution in [0.3, 0.4) is 0 Å². The number of amides is 3. The van der Waals surface area contributed by atoms with Gasteiger partial charge in [-0.1, -0.05) is 60.7 Å². The predicted octanol–water partition coefficient (Wildman–Crippen LogP) is 1.26. The average molecular weight is 716 g/mol. The Morgan fingerprint density at radius 3 is 2.02 bits per heavy atom. The van der Waals surface area contributed by atoms with Crippen LogP contribution in [0.5, 0.6) is 0 Å². The van der Waals surface area contributed by atoms with Crippen molar-refractivity contribution < 1.29 is 42.2 Å². The fourth-order valence-electron chi connectivity index (χ4n) is 4.41. The van der Waals surface area contributed by atoms with Crippen LogP contribution >= 0.6 is 0 Å². The predicted molar refractivity (Wildman–Crippen MR) is 180 cm³/mol. The van der Waals surface area contributed by atoms with E-state index >= 15 is 0 Å². The molecule has 3 aromatic rings. The maximum absolute atomic E-state index is 13.8. The zero-order valence-corrected chi connectivity index (χ0v) is 27.3. The number of hydrogen-bond donors (Lipinski definition) is 9. The summed E-state index contributed by atoms with van der Waals surface area (Å²) < 4.78 is 37.6. The Hall–Kier alpha value is -6.04. The van der Waals surface area contributed by atoms with Crippen LogP contribution in [-0.4, -0.2) is 77.0 Å². The van der Waals surface area contributed by atoms with Crippen LogP contribution in [0.2, 0.25) is 0 Å². The number of carbonyl (C=O) groups is 4. The van der Waals surface area contributed by atoms with Gasteiger partial charge in [-0.25, -0.2) is 4.79 Å². The van der Waals surface area contributed by atoms with Crippen LogP contribution in [-0.2, 0) is 36.9 Å². The number of guanidine groups is 1. The molecule has 12 N–H and O–H groups in total. The molecule has 1 aromatic heterocycles. The highest BCUT2D eigenvalue weighted by Crippen LogP contribution is 2.22. The van der Waals surface area contributed by atoms with Gasteiger partial charge in [0, 0.05) is 24.5 Å². The number of carbonyl (C=O) groups excluding carboxylic acids is 3. The fourth-order valence-corrected chi connectivity index (χ4v) is 4.41. The number of pyridine rings is 1. The lowest BCUT2D eigenvalue weighted by molar-refractivity contribution is -0.192. The number of benzene rings is 2. The Labute approximate surface area is 291 Å². The first-order valence-electron chi connectivity index (χ1n) is 15.3. The van der Waals surface area contributed by atoms with Gasteiger partial charge in [0.15, 0.2) is 5.96 Å². The number of hydrogen-bond acceptors (Lipinski definition) is 8. The second-order valence-electron chi connectivity index (χ2n) is 11.0. The summed E-state index contributed by atoms with van der Waals surface area (Å²) in [6.07, 6.45) is -1.01. The third kappa shape index (κ3) is 15.4. The molecule has 0 saturated heterocycles. The molecule has 3 atom stereocenters. The molecule has 51 heavy (non-hydrogen) atoms. The van der Waals surface area contributed by atoms with Crippen LogP contribution < -0.4 is 33.2 Å². The Balaban J connectivity index is 0.00000116. The molecule has 274 valence electrons. The minimum atomic E-state index is -5.08. The number of primary amides is 1. The molecular weight excluding hydrogens is 675 g/mol. The van der Waals surface area contributed by atoms with Gasteiger partial charge < -0.3 is 43.0 Å². The number of ether oxygens (including phenoxy) is 1. The first kappa shape index (κ1) is 41.1. The van der Waals surface area contributed by atoms with Gasteiger partial charge in [-0.3, -0.25) is 30.2 Å². The Kier molecular flexibility index (Phi) is 16.5. The van der Waals surface area contributed by atoms with Crippen molar-refractivity contribution in [3.63, 3.8) is 0 Å². The number of rotatable bonds is 17. The minimum Gasteiger partial charge on any atom is -0.475 e. The molecule has 0 aliphatic rings. The molecule has 18 heteroatoms. The summed E-state index contributed by atoms with van der Waals surface area (Å²) in [5, 5.41) is 30.1. The van der Waals surface area contributed by atoms with E-state index in [2.05, 4.69) is 20.9 Å².